The van der Waals surface area contributed by atoms with Crippen LogP contribution < -0.4 is 15.1 Å². The molecule has 0 unspecified atom stereocenters. The van der Waals surface area contributed by atoms with Gasteiger partial charge in [0.05, 0.1) is 11.1 Å². The van der Waals surface area contributed by atoms with Crippen LogP contribution in [0.25, 0.3) is 10.8 Å². The molecule has 1 heterocycles. The van der Waals surface area contributed by atoms with Gasteiger partial charge in [0.15, 0.2) is 0 Å². The van der Waals surface area contributed by atoms with E-state index in [-0.39, 0.29) is 18.2 Å². The van der Waals surface area contributed by atoms with Crippen molar-refractivity contribution in [2.75, 3.05) is 18.0 Å². The van der Waals surface area contributed by atoms with E-state index < -0.39 is 4.92 Å². The zero-order valence-electron chi connectivity index (χ0n) is 20.2. The standard InChI is InChI=1S/C29H26N4O4/c34-29(23-9-14-24(15-10-23)32-17-3-4-18-32)31-30-19-27-26-6-2-1-5-22(26)11-16-28(27)37-20-21-7-12-25(13-8-21)33(35)36/h1-2,5-16,19H,3-4,17-18,20H2,(H,31,34)/b30-19-. The predicted molar refractivity (Wildman–Crippen MR) is 144 cm³/mol. The van der Waals surface area contributed by atoms with E-state index in [1.807, 2.05) is 60.7 Å². The number of rotatable bonds is 8. The zero-order chi connectivity index (χ0) is 25.6. The van der Waals surface area contributed by atoms with Crippen molar-refractivity contribution in [2.45, 2.75) is 19.4 Å². The number of hydrazone groups is 1. The summed E-state index contributed by atoms with van der Waals surface area (Å²) in [7, 11) is 0. The quantitative estimate of drug-likeness (QED) is 0.193. The zero-order valence-corrected chi connectivity index (χ0v) is 20.2. The topological polar surface area (TPSA) is 97.1 Å². The number of nitrogens with zero attached hydrogens (tertiary/aromatic N) is 3. The SMILES string of the molecule is O=C(N/N=C\c1c(OCc2ccc([N+](=O)[O-])cc2)ccc2ccccc12)c1ccc(N2CCCC2)cc1. The van der Waals surface area contributed by atoms with Crippen LogP contribution in [-0.4, -0.2) is 30.1 Å². The fourth-order valence-corrected chi connectivity index (χ4v) is 4.43. The summed E-state index contributed by atoms with van der Waals surface area (Å²) in [5.41, 5.74) is 5.84. The molecular formula is C29H26N4O4. The smallest absolute Gasteiger partial charge is 0.271 e. The summed E-state index contributed by atoms with van der Waals surface area (Å²) in [5.74, 6) is 0.294. The Morgan fingerprint density at radius 2 is 1.70 bits per heavy atom. The molecule has 8 nitrogen and oxygen atoms in total. The number of nitrogens with one attached hydrogen (secondary N) is 1. The molecule has 0 aliphatic carbocycles. The number of nitro benzene ring substituents is 1. The maximum absolute atomic E-state index is 12.7. The van der Waals surface area contributed by atoms with Crippen LogP contribution in [0.2, 0.25) is 0 Å². The normalized spacial score (nSPS) is 13.2. The number of amides is 1. The third-order valence-corrected chi connectivity index (χ3v) is 6.43. The van der Waals surface area contributed by atoms with Gasteiger partial charge in [0.25, 0.3) is 11.6 Å². The number of fused-ring (bicyclic) bond motifs is 1. The Morgan fingerprint density at radius 1 is 0.973 bits per heavy atom. The lowest BCUT2D eigenvalue weighted by atomic mass is 10.0. The van der Waals surface area contributed by atoms with Gasteiger partial charge < -0.3 is 9.64 Å². The molecule has 4 aromatic rings. The Bertz CT molecular complexity index is 1440. The van der Waals surface area contributed by atoms with E-state index in [2.05, 4.69) is 15.4 Å². The molecule has 0 spiro atoms. The minimum atomic E-state index is -0.432. The number of benzene rings is 4. The van der Waals surface area contributed by atoms with Gasteiger partial charge in [-0.15, -0.1) is 0 Å². The first-order valence-electron chi connectivity index (χ1n) is 12.1. The molecule has 1 fully saturated rings. The first-order valence-corrected chi connectivity index (χ1v) is 12.1. The Kier molecular flexibility index (Phi) is 7.07. The van der Waals surface area contributed by atoms with Crippen molar-refractivity contribution in [3.8, 4) is 5.75 Å². The van der Waals surface area contributed by atoms with E-state index in [4.69, 9.17) is 4.74 Å². The third-order valence-electron chi connectivity index (χ3n) is 6.43. The molecule has 1 aliphatic heterocycles. The Hall–Kier alpha value is -4.72. The number of carbonyl (C=O) groups is 1. The average Bonchev–Trinajstić information content (AvgIpc) is 3.48. The van der Waals surface area contributed by atoms with Crippen molar-refractivity contribution in [1.29, 1.82) is 0 Å². The number of nitro groups is 1. The molecule has 186 valence electrons. The highest BCUT2D eigenvalue weighted by Gasteiger charge is 2.13. The summed E-state index contributed by atoms with van der Waals surface area (Å²) in [4.78, 5) is 25.5. The summed E-state index contributed by atoms with van der Waals surface area (Å²) in [6.45, 7) is 2.33. The minimum absolute atomic E-state index is 0.0312. The largest absolute Gasteiger partial charge is 0.488 e. The van der Waals surface area contributed by atoms with E-state index in [9.17, 15) is 14.9 Å². The first kappa shape index (κ1) is 24.0. The number of ether oxygens (including phenoxy) is 1. The molecular weight excluding hydrogens is 468 g/mol. The van der Waals surface area contributed by atoms with E-state index in [0.717, 1.165) is 40.7 Å². The molecule has 0 aromatic heterocycles. The Morgan fingerprint density at radius 3 is 2.43 bits per heavy atom. The minimum Gasteiger partial charge on any atom is -0.488 e. The van der Waals surface area contributed by atoms with Gasteiger partial charge in [-0.25, -0.2) is 5.43 Å². The maximum atomic E-state index is 12.7. The van der Waals surface area contributed by atoms with E-state index in [1.165, 1.54) is 25.0 Å². The second kappa shape index (κ2) is 10.9. The van der Waals surface area contributed by atoms with E-state index in [0.29, 0.717) is 11.3 Å². The molecule has 37 heavy (non-hydrogen) atoms. The fourth-order valence-electron chi connectivity index (χ4n) is 4.43. The van der Waals surface area contributed by atoms with Crippen molar-refractivity contribution in [2.24, 2.45) is 5.10 Å². The third kappa shape index (κ3) is 5.59. The molecule has 8 heteroatoms. The molecule has 5 rings (SSSR count). The van der Waals surface area contributed by atoms with E-state index in [1.54, 1.807) is 18.3 Å². The maximum Gasteiger partial charge on any atom is 0.271 e. The van der Waals surface area contributed by atoms with E-state index >= 15 is 0 Å². The summed E-state index contributed by atoms with van der Waals surface area (Å²) >= 11 is 0. The molecule has 0 radical (unpaired) electrons. The van der Waals surface area contributed by atoms with Crippen molar-refractivity contribution in [1.82, 2.24) is 5.43 Å². The summed E-state index contributed by atoms with van der Waals surface area (Å²) < 4.78 is 6.06. The highest BCUT2D eigenvalue weighted by molar-refractivity contribution is 6.03. The molecule has 1 amide bonds. The van der Waals surface area contributed by atoms with Crippen LogP contribution >= 0.6 is 0 Å². The van der Waals surface area contributed by atoms with Crippen molar-refractivity contribution < 1.29 is 14.5 Å². The second-order valence-corrected chi connectivity index (χ2v) is 8.85. The van der Waals surface area contributed by atoms with Crippen LogP contribution in [0.4, 0.5) is 11.4 Å². The van der Waals surface area contributed by atoms with Crippen LogP contribution in [0.3, 0.4) is 0 Å². The van der Waals surface area contributed by atoms with Gasteiger partial charge in [0.2, 0.25) is 0 Å². The highest BCUT2D eigenvalue weighted by atomic mass is 16.6. The first-order chi connectivity index (χ1) is 18.1. The summed E-state index contributed by atoms with van der Waals surface area (Å²) in [5, 5.41) is 17.1. The highest BCUT2D eigenvalue weighted by Crippen LogP contribution is 2.28. The van der Waals surface area contributed by atoms with Crippen LogP contribution in [0.1, 0.15) is 34.3 Å². The van der Waals surface area contributed by atoms with Gasteiger partial charge in [-0.3, -0.25) is 14.9 Å². The Labute approximate surface area is 214 Å². The Balaban J connectivity index is 1.31. The molecule has 0 bridgehead atoms. The number of non-ortho nitro benzene ring substituents is 1. The van der Waals surface area contributed by atoms with Gasteiger partial charge in [0, 0.05) is 42.0 Å². The predicted octanol–water partition coefficient (Wildman–Crippen LogP) is 5.69. The van der Waals surface area contributed by atoms with Crippen LogP contribution in [-0.2, 0) is 6.61 Å². The van der Waals surface area contributed by atoms with Crippen LogP contribution in [0.5, 0.6) is 5.75 Å². The average molecular weight is 495 g/mol. The summed E-state index contributed by atoms with van der Waals surface area (Å²) in [6, 6.07) is 25.5. The second-order valence-electron chi connectivity index (χ2n) is 8.85. The number of hydrogen-bond acceptors (Lipinski definition) is 6. The van der Waals surface area contributed by atoms with Gasteiger partial charge in [-0.05, 0) is 71.6 Å². The monoisotopic (exact) mass is 494 g/mol. The van der Waals surface area contributed by atoms with Gasteiger partial charge >= 0.3 is 0 Å². The lowest BCUT2D eigenvalue weighted by molar-refractivity contribution is -0.384. The number of carbonyl (C=O) groups excluding carboxylic acids is 1. The number of hydrogen-bond donors (Lipinski definition) is 1. The van der Waals surface area contributed by atoms with Crippen molar-refractivity contribution in [3.05, 3.63) is 112 Å². The lowest BCUT2D eigenvalue weighted by Gasteiger charge is -2.17. The number of anilines is 1. The van der Waals surface area contributed by atoms with Crippen molar-refractivity contribution >= 4 is 34.3 Å². The summed E-state index contributed by atoms with van der Waals surface area (Å²) in [6.07, 6.45) is 3.99. The van der Waals surface area contributed by atoms with Crippen LogP contribution in [0.15, 0.2) is 90.0 Å². The van der Waals surface area contributed by atoms with Crippen LogP contribution in [0, 0.1) is 10.1 Å². The lowest BCUT2D eigenvalue weighted by Crippen LogP contribution is -2.19. The molecule has 1 N–H and O–H groups in total. The van der Waals surface area contributed by atoms with Crippen molar-refractivity contribution in [3.63, 3.8) is 0 Å². The molecule has 0 atom stereocenters. The molecule has 0 saturated carbocycles. The molecule has 4 aromatic carbocycles. The molecule has 1 saturated heterocycles. The van der Waals surface area contributed by atoms with Gasteiger partial charge in [-0.1, -0.05) is 30.3 Å². The fraction of sp³-hybridized carbons (Fsp3) is 0.172. The van der Waals surface area contributed by atoms with Gasteiger partial charge in [0.1, 0.15) is 12.4 Å². The molecule has 1 aliphatic rings. The van der Waals surface area contributed by atoms with Gasteiger partial charge in [-0.2, -0.15) is 5.10 Å².